The first-order chi connectivity index (χ1) is 15.7. The van der Waals surface area contributed by atoms with Crippen molar-refractivity contribution >= 4 is 33.7 Å². The lowest BCUT2D eigenvalue weighted by molar-refractivity contribution is -0.118. The van der Waals surface area contributed by atoms with E-state index in [1.165, 1.54) is 0 Å². The first-order valence-electron chi connectivity index (χ1n) is 10.1. The van der Waals surface area contributed by atoms with Crippen molar-refractivity contribution in [2.45, 2.75) is 0 Å². The molecule has 1 N–H and O–H groups in total. The van der Waals surface area contributed by atoms with Crippen LogP contribution in [0.15, 0.2) is 96.6 Å². The standard InChI is InChI=1S/C26H19N3O2S/c30-25(16-31-23-11-10-18-5-1-2-6-19(18)14-23)28-22-9-3-7-20(13-22)24-17-32-26(29-24)21-8-4-12-27-15-21/h1-15,17H,16H2,(H,28,30). The second kappa shape index (κ2) is 8.99. The van der Waals surface area contributed by atoms with E-state index in [-0.39, 0.29) is 12.5 Å². The third-order valence-electron chi connectivity index (χ3n) is 4.95. The van der Waals surface area contributed by atoms with Gasteiger partial charge in [0.05, 0.1) is 5.69 Å². The third-order valence-corrected chi connectivity index (χ3v) is 5.84. The number of amides is 1. The molecule has 2 aromatic heterocycles. The summed E-state index contributed by atoms with van der Waals surface area (Å²) in [6, 6.07) is 25.4. The van der Waals surface area contributed by atoms with Crippen LogP contribution in [0, 0.1) is 0 Å². The van der Waals surface area contributed by atoms with Crippen molar-refractivity contribution in [3.05, 3.63) is 96.6 Å². The van der Waals surface area contributed by atoms with Crippen LogP contribution in [0.2, 0.25) is 0 Å². The molecule has 5 rings (SSSR count). The number of ether oxygens (including phenoxy) is 1. The van der Waals surface area contributed by atoms with Gasteiger partial charge in [-0.05, 0) is 47.2 Å². The van der Waals surface area contributed by atoms with Crippen molar-refractivity contribution in [2.24, 2.45) is 0 Å². The fourth-order valence-corrected chi connectivity index (χ4v) is 4.21. The molecule has 0 spiro atoms. The Kier molecular flexibility index (Phi) is 5.59. The molecule has 0 bridgehead atoms. The molecule has 0 aliphatic carbocycles. The molecule has 3 aromatic carbocycles. The summed E-state index contributed by atoms with van der Waals surface area (Å²) in [5, 5.41) is 8.02. The van der Waals surface area contributed by atoms with E-state index >= 15 is 0 Å². The summed E-state index contributed by atoms with van der Waals surface area (Å²) < 4.78 is 5.69. The zero-order valence-corrected chi connectivity index (χ0v) is 17.9. The Hall–Kier alpha value is -4.03. The van der Waals surface area contributed by atoms with Crippen LogP contribution in [-0.4, -0.2) is 22.5 Å². The molecule has 5 aromatic rings. The van der Waals surface area contributed by atoms with Crippen molar-refractivity contribution < 1.29 is 9.53 Å². The minimum Gasteiger partial charge on any atom is -0.484 e. The van der Waals surface area contributed by atoms with Crippen LogP contribution in [0.5, 0.6) is 5.75 Å². The van der Waals surface area contributed by atoms with E-state index in [1.54, 1.807) is 23.7 Å². The highest BCUT2D eigenvalue weighted by atomic mass is 32.1. The number of hydrogen-bond acceptors (Lipinski definition) is 5. The number of fused-ring (bicyclic) bond motifs is 1. The lowest BCUT2D eigenvalue weighted by atomic mass is 10.1. The fourth-order valence-electron chi connectivity index (χ4n) is 3.39. The van der Waals surface area contributed by atoms with Gasteiger partial charge in [0, 0.05) is 34.6 Å². The SMILES string of the molecule is O=C(COc1ccc2ccccc2c1)Nc1cccc(-c2csc(-c3cccnc3)n2)c1. The van der Waals surface area contributed by atoms with Crippen LogP contribution in [0.4, 0.5) is 5.69 Å². The molecular formula is C26H19N3O2S. The molecule has 0 aliphatic heterocycles. The highest BCUT2D eigenvalue weighted by Crippen LogP contribution is 2.29. The molecule has 32 heavy (non-hydrogen) atoms. The van der Waals surface area contributed by atoms with Crippen LogP contribution in [0.1, 0.15) is 0 Å². The zero-order chi connectivity index (χ0) is 21.8. The van der Waals surface area contributed by atoms with Gasteiger partial charge in [-0.1, -0.05) is 42.5 Å². The summed E-state index contributed by atoms with van der Waals surface area (Å²) in [5.74, 6) is 0.447. The number of nitrogens with zero attached hydrogens (tertiary/aromatic N) is 2. The van der Waals surface area contributed by atoms with Gasteiger partial charge in [0.15, 0.2) is 6.61 Å². The van der Waals surface area contributed by atoms with E-state index in [2.05, 4.69) is 10.3 Å². The van der Waals surface area contributed by atoms with Gasteiger partial charge in [0.2, 0.25) is 0 Å². The number of carbonyl (C=O) groups excluding carboxylic acids is 1. The topological polar surface area (TPSA) is 64.1 Å². The average molecular weight is 438 g/mol. The second-order valence-corrected chi connectivity index (χ2v) is 8.06. The number of pyridine rings is 1. The lowest BCUT2D eigenvalue weighted by Crippen LogP contribution is -2.20. The van der Waals surface area contributed by atoms with E-state index in [4.69, 9.17) is 9.72 Å². The molecule has 1 amide bonds. The third kappa shape index (κ3) is 4.50. The van der Waals surface area contributed by atoms with Gasteiger partial charge in [-0.15, -0.1) is 11.3 Å². The molecule has 0 radical (unpaired) electrons. The number of benzene rings is 3. The predicted molar refractivity (Wildman–Crippen MR) is 129 cm³/mol. The Labute approximate surface area is 189 Å². The predicted octanol–water partition coefficient (Wildman–Crippen LogP) is 6.04. The highest BCUT2D eigenvalue weighted by Gasteiger charge is 2.09. The second-order valence-electron chi connectivity index (χ2n) is 7.21. The maximum absolute atomic E-state index is 12.4. The minimum absolute atomic E-state index is 0.0651. The van der Waals surface area contributed by atoms with Crippen molar-refractivity contribution in [2.75, 3.05) is 11.9 Å². The summed E-state index contributed by atoms with van der Waals surface area (Å²) in [6.45, 7) is -0.0651. The Balaban J connectivity index is 1.24. The molecule has 6 heteroatoms. The zero-order valence-electron chi connectivity index (χ0n) is 17.1. The number of rotatable bonds is 6. The first kappa shape index (κ1) is 19.9. The van der Waals surface area contributed by atoms with E-state index in [9.17, 15) is 4.79 Å². The summed E-state index contributed by atoms with van der Waals surface area (Å²) in [6.07, 6.45) is 3.54. The Morgan fingerprint density at radius 2 is 1.78 bits per heavy atom. The Morgan fingerprint density at radius 1 is 0.906 bits per heavy atom. The normalized spacial score (nSPS) is 10.8. The molecule has 0 fully saturated rings. The van der Waals surface area contributed by atoms with Crippen LogP contribution < -0.4 is 10.1 Å². The molecule has 0 saturated heterocycles. The molecule has 0 saturated carbocycles. The summed E-state index contributed by atoms with van der Waals surface area (Å²) in [7, 11) is 0. The smallest absolute Gasteiger partial charge is 0.262 e. The van der Waals surface area contributed by atoms with Crippen LogP contribution in [0.3, 0.4) is 0 Å². The van der Waals surface area contributed by atoms with Crippen LogP contribution >= 0.6 is 11.3 Å². The Morgan fingerprint density at radius 3 is 2.66 bits per heavy atom. The maximum atomic E-state index is 12.4. The quantitative estimate of drug-likeness (QED) is 0.352. The average Bonchev–Trinajstić information content (AvgIpc) is 3.34. The van der Waals surface area contributed by atoms with Crippen molar-refractivity contribution in [3.8, 4) is 27.6 Å². The van der Waals surface area contributed by atoms with E-state index in [0.717, 1.165) is 32.6 Å². The molecular weight excluding hydrogens is 418 g/mol. The van der Waals surface area contributed by atoms with Gasteiger partial charge in [0.25, 0.3) is 5.91 Å². The highest BCUT2D eigenvalue weighted by molar-refractivity contribution is 7.13. The lowest BCUT2D eigenvalue weighted by Gasteiger charge is -2.09. The molecule has 0 aliphatic rings. The molecule has 0 atom stereocenters. The summed E-state index contributed by atoms with van der Waals surface area (Å²) >= 11 is 1.57. The summed E-state index contributed by atoms with van der Waals surface area (Å²) in [4.78, 5) is 21.3. The summed E-state index contributed by atoms with van der Waals surface area (Å²) in [5.41, 5.74) is 3.48. The molecule has 0 unspecified atom stereocenters. The first-order valence-corrected chi connectivity index (χ1v) is 11.0. The van der Waals surface area contributed by atoms with Crippen LogP contribution in [0.25, 0.3) is 32.6 Å². The van der Waals surface area contributed by atoms with E-state index in [0.29, 0.717) is 11.4 Å². The van der Waals surface area contributed by atoms with E-state index < -0.39 is 0 Å². The van der Waals surface area contributed by atoms with Gasteiger partial charge in [-0.3, -0.25) is 9.78 Å². The van der Waals surface area contributed by atoms with Gasteiger partial charge >= 0.3 is 0 Å². The number of carbonyl (C=O) groups is 1. The molecule has 2 heterocycles. The van der Waals surface area contributed by atoms with Crippen molar-refractivity contribution in [1.82, 2.24) is 9.97 Å². The van der Waals surface area contributed by atoms with Gasteiger partial charge in [-0.25, -0.2) is 4.98 Å². The monoisotopic (exact) mass is 437 g/mol. The fraction of sp³-hybridized carbons (Fsp3) is 0.0385. The van der Waals surface area contributed by atoms with Gasteiger partial charge in [-0.2, -0.15) is 0 Å². The van der Waals surface area contributed by atoms with Crippen molar-refractivity contribution in [1.29, 1.82) is 0 Å². The number of nitrogens with one attached hydrogen (secondary N) is 1. The number of anilines is 1. The van der Waals surface area contributed by atoms with Gasteiger partial charge in [0.1, 0.15) is 10.8 Å². The van der Waals surface area contributed by atoms with E-state index in [1.807, 2.05) is 84.2 Å². The largest absolute Gasteiger partial charge is 0.484 e. The molecule has 156 valence electrons. The van der Waals surface area contributed by atoms with Crippen LogP contribution in [-0.2, 0) is 4.79 Å². The number of aromatic nitrogens is 2. The Bertz CT molecular complexity index is 1380. The number of thiazole rings is 1. The molecule has 5 nitrogen and oxygen atoms in total. The minimum atomic E-state index is -0.218. The number of hydrogen-bond donors (Lipinski definition) is 1. The maximum Gasteiger partial charge on any atom is 0.262 e. The van der Waals surface area contributed by atoms with Crippen molar-refractivity contribution in [3.63, 3.8) is 0 Å². The van der Waals surface area contributed by atoms with Gasteiger partial charge < -0.3 is 10.1 Å².